The number of pyridine rings is 1. The third-order valence-electron chi connectivity index (χ3n) is 4.05. The molecular weight excluding hydrogens is 421 g/mol. The van der Waals surface area contributed by atoms with E-state index in [1.807, 2.05) is 0 Å². The summed E-state index contributed by atoms with van der Waals surface area (Å²) in [6.07, 6.45) is -4.59. The number of ether oxygens (including phenoxy) is 1. The lowest BCUT2D eigenvalue weighted by Crippen LogP contribution is -2.22. The van der Waals surface area contributed by atoms with Crippen LogP contribution in [0.1, 0.15) is 15.9 Å². The first-order valence-corrected chi connectivity index (χ1v) is 9.46. The number of benzene rings is 2. The zero-order valence-corrected chi connectivity index (χ0v) is 16.3. The number of rotatable bonds is 6. The van der Waals surface area contributed by atoms with Gasteiger partial charge in [-0.1, -0.05) is 23.9 Å². The molecule has 0 aliphatic heterocycles. The number of aromatic carboxylic acids is 1. The number of nitrogens with one attached hydrogen (secondary N) is 1. The van der Waals surface area contributed by atoms with E-state index in [4.69, 9.17) is 4.74 Å². The van der Waals surface area contributed by atoms with E-state index < -0.39 is 23.6 Å². The molecule has 1 N–H and O–H groups in total. The molecule has 1 aromatic heterocycles. The highest BCUT2D eigenvalue weighted by Crippen LogP contribution is 2.37. The number of carbonyl (C=O) groups is 2. The molecule has 156 valence electrons. The molecule has 30 heavy (non-hydrogen) atoms. The zero-order valence-electron chi connectivity index (χ0n) is 15.4. The monoisotopic (exact) mass is 435 g/mol. The Hall–Kier alpha value is -3.27. The van der Waals surface area contributed by atoms with Gasteiger partial charge in [0.25, 0.3) is 0 Å². The van der Waals surface area contributed by atoms with Gasteiger partial charge in [-0.15, -0.1) is 0 Å². The van der Waals surface area contributed by atoms with Crippen LogP contribution < -0.4 is 15.2 Å². The number of halogens is 3. The molecule has 0 saturated carbocycles. The smallest absolute Gasteiger partial charge is 0.417 e. The Bertz CT molecular complexity index is 1100. The molecule has 0 saturated heterocycles. The first-order valence-electron chi connectivity index (χ1n) is 8.47. The minimum absolute atomic E-state index is 0.0329. The van der Waals surface area contributed by atoms with E-state index in [2.05, 4.69) is 10.3 Å². The first-order chi connectivity index (χ1) is 14.2. The summed E-state index contributed by atoms with van der Waals surface area (Å²) < 4.78 is 45.4. The highest BCUT2D eigenvalue weighted by Gasteiger charge is 2.33. The molecule has 0 fully saturated rings. The highest BCUT2D eigenvalue weighted by molar-refractivity contribution is 7.99. The number of aromatic nitrogens is 1. The Balaban J connectivity index is 1.77. The predicted octanol–water partition coefficient (Wildman–Crippen LogP) is 3.36. The summed E-state index contributed by atoms with van der Waals surface area (Å²) in [6, 6.07) is 10.3. The molecule has 3 aromatic rings. The second-order valence-corrected chi connectivity index (χ2v) is 7.09. The molecule has 1 amide bonds. The summed E-state index contributed by atoms with van der Waals surface area (Å²) in [6.45, 7) is 0. The maximum absolute atomic E-state index is 13.5. The van der Waals surface area contributed by atoms with E-state index in [9.17, 15) is 27.9 Å². The van der Waals surface area contributed by atoms with E-state index in [1.165, 1.54) is 49.6 Å². The van der Waals surface area contributed by atoms with E-state index in [1.54, 1.807) is 0 Å². The van der Waals surface area contributed by atoms with Crippen LogP contribution >= 0.6 is 11.8 Å². The molecule has 0 aliphatic carbocycles. The fourth-order valence-electron chi connectivity index (χ4n) is 2.65. The maximum Gasteiger partial charge on any atom is 0.417 e. The van der Waals surface area contributed by atoms with Gasteiger partial charge in [-0.25, -0.2) is 4.98 Å². The Morgan fingerprint density at radius 2 is 1.83 bits per heavy atom. The molecule has 10 heteroatoms. The molecule has 0 bridgehead atoms. The topological polar surface area (TPSA) is 91.3 Å². The molecule has 6 nitrogen and oxygen atoms in total. The van der Waals surface area contributed by atoms with Crippen LogP contribution in [-0.4, -0.2) is 29.7 Å². The lowest BCUT2D eigenvalue weighted by molar-refractivity contribution is -0.255. The number of alkyl halides is 3. The fraction of sp³-hybridized carbons (Fsp3) is 0.150. The Morgan fingerprint density at radius 1 is 1.13 bits per heavy atom. The summed E-state index contributed by atoms with van der Waals surface area (Å²) in [5.74, 6) is -1.66. The van der Waals surface area contributed by atoms with Crippen molar-refractivity contribution in [3.63, 3.8) is 0 Å². The van der Waals surface area contributed by atoms with E-state index in [0.29, 0.717) is 11.4 Å². The third kappa shape index (κ3) is 5.01. The number of carboxylic acid groups (broad SMARTS) is 1. The van der Waals surface area contributed by atoms with Crippen LogP contribution in [0.25, 0.3) is 10.9 Å². The number of thioether (sulfide) groups is 1. The third-order valence-corrected chi connectivity index (χ3v) is 4.97. The van der Waals surface area contributed by atoms with Gasteiger partial charge >= 0.3 is 6.18 Å². The SMILES string of the molecule is COc1ccc2c(C(F)(F)F)cc(SCC(=O)Nc3ccc(C(=O)[O-])cc3)nc2c1. The number of carbonyl (C=O) groups excluding carboxylic acids is 2. The Labute approximate surface area is 173 Å². The number of anilines is 1. The molecule has 0 aliphatic rings. The number of amides is 1. The van der Waals surface area contributed by atoms with E-state index in [0.717, 1.165) is 17.8 Å². The molecule has 0 atom stereocenters. The van der Waals surface area contributed by atoms with Crippen LogP contribution in [0.5, 0.6) is 5.75 Å². The predicted molar refractivity (Wildman–Crippen MR) is 103 cm³/mol. The van der Waals surface area contributed by atoms with Crippen molar-refractivity contribution >= 4 is 40.2 Å². The lowest BCUT2D eigenvalue weighted by Gasteiger charge is -2.13. The molecule has 2 aromatic carbocycles. The number of carboxylic acids is 1. The van der Waals surface area contributed by atoms with Gasteiger partial charge in [0.15, 0.2) is 0 Å². The maximum atomic E-state index is 13.5. The number of hydrogen-bond acceptors (Lipinski definition) is 6. The van der Waals surface area contributed by atoms with Gasteiger partial charge < -0.3 is 20.0 Å². The van der Waals surface area contributed by atoms with Crippen LogP contribution in [0.3, 0.4) is 0 Å². The minimum atomic E-state index is -4.59. The van der Waals surface area contributed by atoms with Gasteiger partial charge in [0.05, 0.1) is 34.9 Å². The van der Waals surface area contributed by atoms with Crippen molar-refractivity contribution in [2.24, 2.45) is 0 Å². The van der Waals surface area contributed by atoms with Gasteiger partial charge in [-0.05, 0) is 35.9 Å². The van der Waals surface area contributed by atoms with Crippen molar-refractivity contribution in [3.05, 3.63) is 59.7 Å². The van der Waals surface area contributed by atoms with Gasteiger partial charge in [0.2, 0.25) is 5.91 Å². The Morgan fingerprint density at radius 3 is 2.43 bits per heavy atom. The van der Waals surface area contributed by atoms with E-state index >= 15 is 0 Å². The van der Waals surface area contributed by atoms with Crippen LogP contribution in [0, 0.1) is 0 Å². The highest BCUT2D eigenvalue weighted by atomic mass is 32.2. The first kappa shape index (κ1) is 21.4. The molecule has 0 radical (unpaired) electrons. The number of nitrogens with zero attached hydrogens (tertiary/aromatic N) is 1. The average molecular weight is 435 g/mol. The standard InChI is InChI=1S/C20H15F3N2O4S/c1-29-13-6-7-14-15(20(21,22)23)9-18(25-16(14)8-13)30-10-17(26)24-12-4-2-11(3-5-12)19(27)28/h2-9H,10H2,1H3,(H,24,26)(H,27,28)/p-1. The van der Waals surface area contributed by atoms with Gasteiger partial charge in [-0.3, -0.25) is 4.79 Å². The van der Waals surface area contributed by atoms with Gasteiger partial charge in [0, 0.05) is 17.1 Å². The molecule has 3 rings (SSSR count). The summed E-state index contributed by atoms with van der Waals surface area (Å²) in [7, 11) is 1.40. The second kappa shape index (κ2) is 8.62. The number of methoxy groups -OCH3 is 1. The average Bonchev–Trinajstić information content (AvgIpc) is 2.70. The minimum Gasteiger partial charge on any atom is -0.545 e. The van der Waals surface area contributed by atoms with Crippen molar-refractivity contribution < 1.29 is 32.6 Å². The van der Waals surface area contributed by atoms with Crippen LogP contribution in [0.2, 0.25) is 0 Å². The van der Waals surface area contributed by atoms with E-state index in [-0.39, 0.29) is 27.2 Å². The molecular formula is C20H14F3N2O4S-. The second-order valence-electron chi connectivity index (χ2n) is 6.09. The van der Waals surface area contributed by atoms with Gasteiger partial charge in [-0.2, -0.15) is 13.2 Å². The largest absolute Gasteiger partial charge is 0.545 e. The summed E-state index contributed by atoms with van der Waals surface area (Å²) in [4.78, 5) is 27.0. The van der Waals surface area contributed by atoms with Crippen molar-refractivity contribution in [1.82, 2.24) is 4.98 Å². The lowest BCUT2D eigenvalue weighted by atomic mass is 10.1. The fourth-order valence-corrected chi connectivity index (χ4v) is 3.36. The van der Waals surface area contributed by atoms with Crippen molar-refractivity contribution in [1.29, 1.82) is 0 Å². The quantitative estimate of drug-likeness (QED) is 0.597. The molecule has 0 unspecified atom stereocenters. The van der Waals surface area contributed by atoms with Crippen LogP contribution in [-0.2, 0) is 11.0 Å². The summed E-state index contributed by atoms with van der Waals surface area (Å²) >= 11 is 0.846. The zero-order chi connectivity index (χ0) is 21.9. The normalized spacial score (nSPS) is 11.3. The number of fused-ring (bicyclic) bond motifs is 1. The molecule has 0 spiro atoms. The van der Waals surface area contributed by atoms with Crippen LogP contribution in [0.15, 0.2) is 53.6 Å². The van der Waals surface area contributed by atoms with Crippen molar-refractivity contribution in [2.75, 3.05) is 18.2 Å². The Kier molecular flexibility index (Phi) is 6.16. The van der Waals surface area contributed by atoms with Crippen LogP contribution in [0.4, 0.5) is 18.9 Å². The summed E-state index contributed by atoms with van der Waals surface area (Å²) in [5.41, 5.74) is -0.448. The van der Waals surface area contributed by atoms with Crippen molar-refractivity contribution in [2.45, 2.75) is 11.2 Å². The van der Waals surface area contributed by atoms with Gasteiger partial charge in [0.1, 0.15) is 5.75 Å². The molecule has 1 heterocycles. The number of hydrogen-bond donors (Lipinski definition) is 1. The summed E-state index contributed by atoms with van der Waals surface area (Å²) in [5, 5.41) is 13.2. The van der Waals surface area contributed by atoms with Crippen molar-refractivity contribution in [3.8, 4) is 5.75 Å².